The van der Waals surface area contributed by atoms with Crippen molar-refractivity contribution in [3.8, 4) is 0 Å². The molecule has 1 amide bonds. The van der Waals surface area contributed by atoms with Crippen molar-refractivity contribution in [2.75, 3.05) is 5.75 Å². The number of aryl methyl sites for hydroxylation is 2. The highest BCUT2D eigenvalue weighted by molar-refractivity contribution is 7.99. The van der Waals surface area contributed by atoms with Crippen molar-refractivity contribution in [1.29, 1.82) is 0 Å². The number of benzene rings is 2. The van der Waals surface area contributed by atoms with Crippen molar-refractivity contribution < 1.29 is 14.7 Å². The van der Waals surface area contributed by atoms with E-state index in [4.69, 9.17) is 23.2 Å². The van der Waals surface area contributed by atoms with E-state index in [1.165, 1.54) is 23.3 Å². The molecule has 0 spiro atoms. The molecule has 2 N–H and O–H groups in total. The Morgan fingerprint density at radius 2 is 1.85 bits per heavy atom. The van der Waals surface area contributed by atoms with Gasteiger partial charge in [0.15, 0.2) is 6.04 Å². The van der Waals surface area contributed by atoms with Crippen LogP contribution in [0.5, 0.6) is 0 Å². The normalized spacial score (nSPS) is 11.8. The Kier molecular flexibility index (Phi) is 7.38. The monoisotopic (exact) mass is 411 g/mol. The summed E-state index contributed by atoms with van der Waals surface area (Å²) in [7, 11) is 0. The van der Waals surface area contributed by atoms with E-state index in [1.807, 2.05) is 26.0 Å². The van der Waals surface area contributed by atoms with Crippen LogP contribution in [-0.4, -0.2) is 22.7 Å². The minimum atomic E-state index is -1.21. The summed E-state index contributed by atoms with van der Waals surface area (Å²) in [5.41, 5.74) is 2.72. The van der Waals surface area contributed by atoms with Gasteiger partial charge in [-0.3, -0.25) is 4.79 Å². The number of thioether (sulfide) groups is 1. The number of carboxylic acids is 1. The first kappa shape index (κ1) is 20.6. The quantitative estimate of drug-likeness (QED) is 0.626. The van der Waals surface area contributed by atoms with E-state index >= 15 is 0 Å². The van der Waals surface area contributed by atoms with Gasteiger partial charge in [0.05, 0.1) is 0 Å². The average Bonchev–Trinajstić information content (AvgIpc) is 2.56. The van der Waals surface area contributed by atoms with Crippen molar-refractivity contribution in [1.82, 2.24) is 5.32 Å². The number of rotatable bonds is 7. The molecule has 0 aliphatic heterocycles. The van der Waals surface area contributed by atoms with E-state index < -0.39 is 12.0 Å². The molecule has 0 aromatic heterocycles. The molecular formula is C19H19Cl2NO3S. The summed E-state index contributed by atoms with van der Waals surface area (Å²) in [6, 6.07) is 9.42. The van der Waals surface area contributed by atoms with Gasteiger partial charge in [0.1, 0.15) is 0 Å². The van der Waals surface area contributed by atoms with Gasteiger partial charge in [-0.05, 0) is 49.2 Å². The van der Waals surface area contributed by atoms with Crippen LogP contribution in [0.1, 0.15) is 29.2 Å². The molecule has 1 atom stereocenters. The van der Waals surface area contributed by atoms with E-state index in [0.717, 1.165) is 4.90 Å². The van der Waals surface area contributed by atoms with Crippen LogP contribution in [0.2, 0.25) is 10.0 Å². The number of hydrogen-bond acceptors (Lipinski definition) is 3. The van der Waals surface area contributed by atoms with Crippen LogP contribution in [0.3, 0.4) is 0 Å². The van der Waals surface area contributed by atoms with Gasteiger partial charge in [-0.1, -0.05) is 35.3 Å². The lowest BCUT2D eigenvalue weighted by Crippen LogP contribution is -2.34. The standard InChI is InChI=1S/C19H19Cl2NO3S/c1-11-3-5-14(9-12(11)2)26-8-7-17(23)22-18(19(24)25)15-6-4-13(20)10-16(15)21/h3-6,9-10,18H,7-8H2,1-2H3,(H,22,23)(H,24,25). The van der Waals surface area contributed by atoms with E-state index in [1.54, 1.807) is 17.8 Å². The van der Waals surface area contributed by atoms with Crippen LogP contribution < -0.4 is 5.32 Å². The zero-order valence-electron chi connectivity index (χ0n) is 14.4. The molecule has 1 unspecified atom stereocenters. The number of carbonyl (C=O) groups is 2. The number of carbonyl (C=O) groups excluding carboxylic acids is 1. The molecule has 0 radical (unpaired) electrons. The molecular weight excluding hydrogens is 393 g/mol. The molecule has 0 fully saturated rings. The Labute approximate surface area is 166 Å². The second-order valence-corrected chi connectivity index (χ2v) is 7.86. The van der Waals surface area contributed by atoms with Gasteiger partial charge in [0, 0.05) is 32.7 Å². The molecule has 26 heavy (non-hydrogen) atoms. The Balaban J connectivity index is 1.95. The van der Waals surface area contributed by atoms with Gasteiger partial charge < -0.3 is 10.4 Å². The van der Waals surface area contributed by atoms with Gasteiger partial charge in [-0.15, -0.1) is 11.8 Å². The van der Waals surface area contributed by atoms with Crippen LogP contribution in [0, 0.1) is 13.8 Å². The first-order chi connectivity index (χ1) is 12.3. The largest absolute Gasteiger partial charge is 0.479 e. The highest BCUT2D eigenvalue weighted by atomic mass is 35.5. The molecule has 138 valence electrons. The van der Waals surface area contributed by atoms with Gasteiger partial charge in [0.2, 0.25) is 5.91 Å². The van der Waals surface area contributed by atoms with Gasteiger partial charge >= 0.3 is 5.97 Å². The van der Waals surface area contributed by atoms with Gasteiger partial charge in [0.25, 0.3) is 0 Å². The fourth-order valence-corrected chi connectivity index (χ4v) is 3.77. The van der Waals surface area contributed by atoms with Crippen LogP contribution in [-0.2, 0) is 9.59 Å². The van der Waals surface area contributed by atoms with Crippen LogP contribution in [0.4, 0.5) is 0 Å². The smallest absolute Gasteiger partial charge is 0.330 e. The average molecular weight is 412 g/mol. The molecule has 0 saturated carbocycles. The topological polar surface area (TPSA) is 66.4 Å². The molecule has 2 aromatic rings. The first-order valence-electron chi connectivity index (χ1n) is 7.95. The molecule has 0 aliphatic rings. The SMILES string of the molecule is Cc1ccc(SCCC(=O)NC(C(=O)O)c2ccc(Cl)cc2Cl)cc1C. The molecule has 7 heteroatoms. The van der Waals surface area contributed by atoms with Crippen molar-refractivity contribution in [2.24, 2.45) is 0 Å². The van der Waals surface area contributed by atoms with Crippen molar-refractivity contribution >= 4 is 46.8 Å². The van der Waals surface area contributed by atoms with Gasteiger partial charge in [-0.2, -0.15) is 0 Å². The predicted molar refractivity (Wildman–Crippen MR) is 106 cm³/mol. The number of amides is 1. The van der Waals surface area contributed by atoms with Crippen molar-refractivity contribution in [2.45, 2.75) is 31.2 Å². The Bertz CT molecular complexity index is 826. The molecule has 2 rings (SSSR count). The highest BCUT2D eigenvalue weighted by Gasteiger charge is 2.24. The third-order valence-electron chi connectivity index (χ3n) is 3.90. The lowest BCUT2D eigenvalue weighted by molar-refractivity contribution is -0.142. The predicted octanol–water partition coefficient (Wildman–Crippen LogP) is 5.03. The minimum Gasteiger partial charge on any atom is -0.479 e. The lowest BCUT2D eigenvalue weighted by Gasteiger charge is -2.16. The second-order valence-electron chi connectivity index (χ2n) is 5.85. The summed E-state index contributed by atoms with van der Waals surface area (Å²) >= 11 is 13.4. The molecule has 0 aliphatic carbocycles. The number of aliphatic carboxylic acids is 1. The fraction of sp³-hybridized carbons (Fsp3) is 0.263. The molecule has 2 aromatic carbocycles. The van der Waals surface area contributed by atoms with Gasteiger partial charge in [-0.25, -0.2) is 4.79 Å². The lowest BCUT2D eigenvalue weighted by atomic mass is 10.1. The number of hydrogen-bond donors (Lipinski definition) is 2. The maximum atomic E-state index is 12.2. The molecule has 0 bridgehead atoms. The third kappa shape index (κ3) is 5.66. The number of carboxylic acid groups (broad SMARTS) is 1. The summed E-state index contributed by atoms with van der Waals surface area (Å²) in [6.07, 6.45) is 0.201. The van der Waals surface area contributed by atoms with E-state index in [9.17, 15) is 14.7 Å². The van der Waals surface area contributed by atoms with E-state index in [-0.39, 0.29) is 17.4 Å². The van der Waals surface area contributed by atoms with Crippen LogP contribution in [0.25, 0.3) is 0 Å². The minimum absolute atomic E-state index is 0.201. The molecule has 0 saturated heterocycles. The summed E-state index contributed by atoms with van der Waals surface area (Å²) in [5, 5.41) is 12.5. The zero-order chi connectivity index (χ0) is 19.3. The Morgan fingerprint density at radius 3 is 2.46 bits per heavy atom. The number of halogens is 2. The highest BCUT2D eigenvalue weighted by Crippen LogP contribution is 2.27. The maximum absolute atomic E-state index is 12.2. The Hall–Kier alpha value is -1.69. The summed E-state index contributed by atoms with van der Waals surface area (Å²) < 4.78 is 0. The zero-order valence-corrected chi connectivity index (χ0v) is 16.7. The summed E-state index contributed by atoms with van der Waals surface area (Å²) in [5.74, 6) is -0.973. The second kappa shape index (κ2) is 9.31. The maximum Gasteiger partial charge on any atom is 0.330 e. The first-order valence-corrected chi connectivity index (χ1v) is 9.69. The fourth-order valence-electron chi connectivity index (χ4n) is 2.31. The van der Waals surface area contributed by atoms with Crippen molar-refractivity contribution in [3.05, 3.63) is 63.1 Å². The van der Waals surface area contributed by atoms with Crippen molar-refractivity contribution in [3.63, 3.8) is 0 Å². The van der Waals surface area contributed by atoms with E-state index in [0.29, 0.717) is 16.3 Å². The number of nitrogens with one attached hydrogen (secondary N) is 1. The molecule has 4 nitrogen and oxygen atoms in total. The third-order valence-corrected chi connectivity index (χ3v) is 5.46. The Morgan fingerprint density at radius 1 is 1.12 bits per heavy atom. The summed E-state index contributed by atoms with van der Waals surface area (Å²) in [4.78, 5) is 24.8. The van der Waals surface area contributed by atoms with Crippen LogP contribution in [0.15, 0.2) is 41.3 Å². The summed E-state index contributed by atoms with van der Waals surface area (Å²) in [6.45, 7) is 4.09. The van der Waals surface area contributed by atoms with Crippen LogP contribution >= 0.6 is 35.0 Å². The van der Waals surface area contributed by atoms with E-state index in [2.05, 4.69) is 11.4 Å². The molecule has 0 heterocycles.